The van der Waals surface area contributed by atoms with E-state index in [-0.39, 0.29) is 6.42 Å². The zero-order chi connectivity index (χ0) is 12.8. The molecule has 0 rings (SSSR count). The van der Waals surface area contributed by atoms with Crippen molar-refractivity contribution in [3.8, 4) is 0 Å². The molecule has 0 heterocycles. The molecule has 0 aliphatic rings. The Kier molecular flexibility index (Phi) is 4.86. The summed E-state index contributed by atoms with van der Waals surface area (Å²) in [6.07, 6.45) is 6.17. The van der Waals surface area contributed by atoms with Crippen LogP contribution in [0.1, 0.15) is 51.9 Å². The van der Waals surface area contributed by atoms with E-state index in [9.17, 15) is 19.4 Å². The van der Waals surface area contributed by atoms with Crippen LogP contribution in [0.5, 0.6) is 0 Å². The normalized spacial score (nSPS) is 17.4. The van der Waals surface area contributed by atoms with Gasteiger partial charge in [0.15, 0.2) is 0 Å². The maximum atomic E-state index is 11.8. The minimum absolute atomic E-state index is 0.0672. The molecule has 0 radical (unpaired) electrons. The van der Waals surface area contributed by atoms with Crippen molar-refractivity contribution in [1.29, 1.82) is 0 Å². The molecule has 0 aromatic carbocycles. The van der Waals surface area contributed by atoms with Crippen LogP contribution in [0.15, 0.2) is 11.5 Å². The SMILES string of the molecule is CCCCCCCC/C=C\S(F)(F)(F)(F)F. The fraction of sp³-hybridized carbons (Fsp3) is 0.800. The number of allylic oxidation sites excluding steroid dienone is 1. The van der Waals surface area contributed by atoms with Crippen molar-refractivity contribution in [3.05, 3.63) is 11.5 Å². The fourth-order valence-corrected chi connectivity index (χ4v) is 1.79. The van der Waals surface area contributed by atoms with Gasteiger partial charge in [-0.25, -0.2) is 0 Å². The van der Waals surface area contributed by atoms with E-state index in [1.807, 2.05) is 0 Å². The molecular weight excluding hydrogens is 247 g/mol. The van der Waals surface area contributed by atoms with Crippen LogP contribution in [0.3, 0.4) is 0 Å². The van der Waals surface area contributed by atoms with E-state index in [1.54, 1.807) is 0 Å². The largest absolute Gasteiger partial charge is 0.304 e. The molecule has 0 aliphatic heterocycles. The van der Waals surface area contributed by atoms with Gasteiger partial charge in [0.2, 0.25) is 0 Å². The van der Waals surface area contributed by atoms with Gasteiger partial charge in [-0.2, -0.15) is 0 Å². The second-order valence-electron chi connectivity index (χ2n) is 3.96. The Bertz CT molecular complexity index is 227. The van der Waals surface area contributed by atoms with Gasteiger partial charge in [-0.3, -0.25) is 0 Å². The Morgan fingerprint density at radius 3 is 1.81 bits per heavy atom. The number of hydrogen-bond acceptors (Lipinski definition) is 0. The van der Waals surface area contributed by atoms with Crippen LogP contribution >= 0.6 is 10.2 Å². The van der Waals surface area contributed by atoms with Crippen LogP contribution in [0.4, 0.5) is 19.4 Å². The summed E-state index contributed by atoms with van der Waals surface area (Å²) in [5, 5.41) is -0.841. The topological polar surface area (TPSA) is 0 Å². The average molecular weight is 266 g/mol. The Morgan fingerprint density at radius 2 is 1.31 bits per heavy atom. The van der Waals surface area contributed by atoms with Crippen molar-refractivity contribution in [1.82, 2.24) is 0 Å². The van der Waals surface area contributed by atoms with Gasteiger partial charge in [-0.15, -0.1) is 0 Å². The van der Waals surface area contributed by atoms with Gasteiger partial charge in [-0.05, 0) is 12.8 Å². The molecule has 0 unspecified atom stereocenters. The molecule has 0 aromatic heterocycles. The van der Waals surface area contributed by atoms with Crippen LogP contribution in [-0.2, 0) is 0 Å². The van der Waals surface area contributed by atoms with Crippen LogP contribution in [0.25, 0.3) is 0 Å². The third-order valence-electron chi connectivity index (χ3n) is 2.08. The molecule has 0 atom stereocenters. The molecule has 0 N–H and O–H groups in total. The maximum Gasteiger partial charge on any atom is 0.304 e. The lowest BCUT2D eigenvalue weighted by Crippen LogP contribution is -1.98. The highest BCUT2D eigenvalue weighted by Crippen LogP contribution is 2.98. The zero-order valence-corrected chi connectivity index (χ0v) is 10.2. The Balaban J connectivity index is 3.65. The third kappa shape index (κ3) is 13.7. The zero-order valence-electron chi connectivity index (χ0n) is 9.40. The molecule has 0 saturated heterocycles. The first-order chi connectivity index (χ1) is 7.04. The molecule has 0 spiro atoms. The Hall–Kier alpha value is -0.260. The summed E-state index contributed by atoms with van der Waals surface area (Å²) in [6.45, 7) is 2.07. The predicted molar refractivity (Wildman–Crippen MR) is 60.3 cm³/mol. The van der Waals surface area contributed by atoms with Crippen LogP contribution in [0.2, 0.25) is 0 Å². The molecule has 0 amide bonds. The number of hydrogen-bond donors (Lipinski definition) is 0. The first-order valence-corrected chi connectivity index (χ1v) is 7.47. The lowest BCUT2D eigenvalue weighted by atomic mass is 10.1. The molecule has 0 nitrogen and oxygen atoms in total. The molecule has 0 aliphatic carbocycles. The van der Waals surface area contributed by atoms with E-state index in [4.69, 9.17) is 0 Å². The maximum absolute atomic E-state index is 11.8. The van der Waals surface area contributed by atoms with Crippen molar-refractivity contribution in [2.45, 2.75) is 51.9 Å². The minimum Gasteiger partial charge on any atom is -0.0942 e. The minimum atomic E-state index is -9.31. The highest BCUT2D eigenvalue weighted by Gasteiger charge is 2.60. The number of rotatable bonds is 8. The van der Waals surface area contributed by atoms with E-state index < -0.39 is 15.6 Å². The molecular formula is C10H19F5S. The second-order valence-corrected chi connectivity index (χ2v) is 6.29. The van der Waals surface area contributed by atoms with E-state index in [1.165, 1.54) is 0 Å². The lowest BCUT2D eigenvalue weighted by molar-refractivity contribution is 0.384. The molecule has 6 heteroatoms. The highest BCUT2D eigenvalue weighted by atomic mass is 32.5. The summed E-state index contributed by atoms with van der Waals surface area (Å²) in [5.74, 6) is 0. The van der Waals surface area contributed by atoms with Gasteiger partial charge in [0.25, 0.3) is 0 Å². The monoisotopic (exact) mass is 266 g/mol. The van der Waals surface area contributed by atoms with Crippen molar-refractivity contribution < 1.29 is 19.4 Å². The fourth-order valence-electron chi connectivity index (χ4n) is 1.29. The van der Waals surface area contributed by atoms with Crippen LogP contribution < -0.4 is 0 Å². The van der Waals surface area contributed by atoms with E-state index in [2.05, 4.69) is 6.92 Å². The van der Waals surface area contributed by atoms with Crippen LogP contribution in [-0.4, -0.2) is 0 Å². The van der Waals surface area contributed by atoms with Gasteiger partial charge < -0.3 is 0 Å². The number of halogens is 5. The van der Waals surface area contributed by atoms with Crippen molar-refractivity contribution in [2.24, 2.45) is 0 Å². The molecule has 100 valence electrons. The molecule has 0 fully saturated rings. The summed E-state index contributed by atoms with van der Waals surface area (Å²) in [5.41, 5.74) is 0. The first-order valence-electron chi connectivity index (χ1n) is 5.46. The van der Waals surface area contributed by atoms with Gasteiger partial charge in [-0.1, -0.05) is 64.5 Å². The van der Waals surface area contributed by atoms with Crippen molar-refractivity contribution >= 4 is 10.2 Å². The number of unbranched alkanes of at least 4 members (excludes halogenated alkanes) is 6. The summed E-state index contributed by atoms with van der Waals surface area (Å²) in [4.78, 5) is 0. The van der Waals surface area contributed by atoms with Gasteiger partial charge in [0.05, 0.1) is 5.41 Å². The van der Waals surface area contributed by atoms with Gasteiger partial charge in [0.1, 0.15) is 0 Å². The molecule has 0 aromatic rings. The van der Waals surface area contributed by atoms with E-state index in [0.29, 0.717) is 12.5 Å². The highest BCUT2D eigenvalue weighted by molar-refractivity contribution is 8.48. The third-order valence-corrected chi connectivity index (χ3v) is 2.78. The first kappa shape index (κ1) is 15.7. The summed E-state index contributed by atoms with van der Waals surface area (Å²) in [7, 11) is -9.31. The van der Waals surface area contributed by atoms with Gasteiger partial charge >= 0.3 is 10.2 Å². The second kappa shape index (κ2) is 4.94. The standard InChI is InChI=1S/C10H19F5S/c1-2-3-4-5-6-7-8-9-10-16(11,12,13,14)15/h9-10H,2-8H2,1H3/b10-9-. The predicted octanol–water partition coefficient (Wildman–Crippen LogP) is 6.55. The summed E-state index contributed by atoms with van der Waals surface area (Å²) < 4.78 is 59.0. The van der Waals surface area contributed by atoms with Gasteiger partial charge in [0, 0.05) is 0 Å². The smallest absolute Gasteiger partial charge is 0.0942 e. The molecule has 0 saturated carbocycles. The Morgan fingerprint density at radius 1 is 0.812 bits per heavy atom. The average Bonchev–Trinajstić information content (AvgIpc) is 2.05. The quantitative estimate of drug-likeness (QED) is 0.345. The molecule has 16 heavy (non-hydrogen) atoms. The van der Waals surface area contributed by atoms with E-state index >= 15 is 0 Å². The molecule has 0 bridgehead atoms. The van der Waals surface area contributed by atoms with E-state index in [0.717, 1.165) is 32.1 Å². The van der Waals surface area contributed by atoms with Crippen LogP contribution in [0, 0.1) is 0 Å². The van der Waals surface area contributed by atoms with Crippen molar-refractivity contribution in [3.63, 3.8) is 0 Å². The summed E-state index contributed by atoms with van der Waals surface area (Å²) in [6, 6.07) is 0. The van der Waals surface area contributed by atoms with Crippen molar-refractivity contribution in [2.75, 3.05) is 0 Å². The summed E-state index contributed by atoms with van der Waals surface area (Å²) >= 11 is 0. The lowest BCUT2D eigenvalue weighted by Gasteiger charge is -2.36. The Labute approximate surface area is 93.6 Å².